The van der Waals surface area contributed by atoms with Gasteiger partial charge in [-0.3, -0.25) is 5.26 Å². The van der Waals surface area contributed by atoms with Gasteiger partial charge < -0.3 is 5.11 Å². The van der Waals surface area contributed by atoms with Gasteiger partial charge in [-0.05, 0) is 18.4 Å². The molecule has 1 rings (SSSR count). The van der Waals surface area contributed by atoms with Crippen LogP contribution < -0.4 is 0 Å². The lowest BCUT2D eigenvalue weighted by atomic mass is 9.73. The molecule has 0 aromatic heterocycles. The highest BCUT2D eigenvalue weighted by Crippen LogP contribution is 2.38. The zero-order valence-corrected chi connectivity index (χ0v) is 7.86. The van der Waals surface area contributed by atoms with Crippen LogP contribution in [-0.4, -0.2) is 23.1 Å². The van der Waals surface area contributed by atoms with Crippen molar-refractivity contribution >= 4 is 0 Å². The van der Waals surface area contributed by atoms with Gasteiger partial charge in [-0.2, -0.15) is 0 Å². The van der Waals surface area contributed by atoms with Crippen LogP contribution >= 0.6 is 0 Å². The molecule has 13 heavy (non-hydrogen) atoms. The Bertz CT molecular complexity index is 216. The van der Waals surface area contributed by atoms with E-state index in [-0.39, 0.29) is 12.7 Å². The minimum Gasteiger partial charge on any atom is -0.395 e. The maximum absolute atomic E-state index is 9.28. The lowest BCUT2D eigenvalue weighted by molar-refractivity contribution is -0.270. The van der Waals surface area contributed by atoms with Crippen LogP contribution in [0.3, 0.4) is 0 Å². The third kappa shape index (κ3) is 1.68. The second-order valence-electron chi connectivity index (χ2n) is 3.43. The second-order valence-corrected chi connectivity index (χ2v) is 3.43. The Hall–Kier alpha value is -0.640. The molecule has 0 saturated heterocycles. The van der Waals surface area contributed by atoms with E-state index in [1.807, 2.05) is 19.1 Å². The topological polar surface area (TPSA) is 49.7 Å². The first-order valence-electron chi connectivity index (χ1n) is 4.48. The van der Waals surface area contributed by atoms with Gasteiger partial charge in [0.05, 0.1) is 6.61 Å². The van der Waals surface area contributed by atoms with Crippen LogP contribution in [-0.2, 0) is 4.89 Å². The van der Waals surface area contributed by atoms with Crippen molar-refractivity contribution in [2.75, 3.05) is 6.61 Å². The van der Waals surface area contributed by atoms with Gasteiger partial charge in [-0.25, -0.2) is 4.89 Å². The van der Waals surface area contributed by atoms with Gasteiger partial charge in [0.25, 0.3) is 0 Å². The first-order valence-corrected chi connectivity index (χ1v) is 4.48. The van der Waals surface area contributed by atoms with E-state index in [9.17, 15) is 5.11 Å². The van der Waals surface area contributed by atoms with Crippen LogP contribution in [0.2, 0.25) is 0 Å². The SMILES string of the molecule is C=C1[C@H](OO)CC=C[C@@]1(CC)CO. The van der Waals surface area contributed by atoms with Crippen molar-refractivity contribution in [3.05, 3.63) is 24.3 Å². The molecule has 0 spiro atoms. The van der Waals surface area contributed by atoms with Crippen LogP contribution in [0.5, 0.6) is 0 Å². The molecule has 0 heterocycles. The van der Waals surface area contributed by atoms with Crippen molar-refractivity contribution in [3.8, 4) is 0 Å². The lowest BCUT2D eigenvalue weighted by Gasteiger charge is -2.36. The fourth-order valence-electron chi connectivity index (χ4n) is 1.70. The van der Waals surface area contributed by atoms with E-state index in [1.54, 1.807) is 0 Å². The summed E-state index contributed by atoms with van der Waals surface area (Å²) in [6.45, 7) is 5.86. The summed E-state index contributed by atoms with van der Waals surface area (Å²) < 4.78 is 0. The van der Waals surface area contributed by atoms with Crippen molar-refractivity contribution in [1.82, 2.24) is 0 Å². The maximum atomic E-state index is 9.28. The highest BCUT2D eigenvalue weighted by Gasteiger charge is 2.35. The fourth-order valence-corrected chi connectivity index (χ4v) is 1.70. The molecule has 0 aliphatic heterocycles. The van der Waals surface area contributed by atoms with Crippen molar-refractivity contribution < 1.29 is 15.3 Å². The number of aliphatic hydroxyl groups excluding tert-OH is 1. The predicted molar refractivity (Wildman–Crippen MR) is 50.2 cm³/mol. The van der Waals surface area contributed by atoms with Crippen molar-refractivity contribution in [2.24, 2.45) is 5.41 Å². The summed E-state index contributed by atoms with van der Waals surface area (Å²) in [7, 11) is 0. The smallest absolute Gasteiger partial charge is 0.118 e. The van der Waals surface area contributed by atoms with Crippen molar-refractivity contribution in [2.45, 2.75) is 25.9 Å². The Labute approximate surface area is 78.3 Å². The Morgan fingerprint density at radius 2 is 2.46 bits per heavy atom. The van der Waals surface area contributed by atoms with Gasteiger partial charge in [0.2, 0.25) is 0 Å². The molecular weight excluding hydrogens is 168 g/mol. The van der Waals surface area contributed by atoms with Gasteiger partial charge in [0, 0.05) is 5.41 Å². The summed E-state index contributed by atoms with van der Waals surface area (Å²) in [4.78, 5) is 4.30. The molecule has 1 aliphatic rings. The molecule has 74 valence electrons. The average Bonchev–Trinajstić information content (AvgIpc) is 2.19. The zero-order valence-electron chi connectivity index (χ0n) is 7.86. The van der Waals surface area contributed by atoms with Crippen LogP contribution in [0.25, 0.3) is 0 Å². The van der Waals surface area contributed by atoms with Crippen molar-refractivity contribution in [3.63, 3.8) is 0 Å². The number of aliphatic hydroxyl groups is 1. The summed E-state index contributed by atoms with van der Waals surface area (Å²) in [6.07, 6.45) is 4.87. The molecule has 2 N–H and O–H groups in total. The Morgan fingerprint density at radius 1 is 1.77 bits per heavy atom. The third-order valence-corrected chi connectivity index (χ3v) is 2.86. The number of rotatable bonds is 3. The molecule has 0 aromatic rings. The van der Waals surface area contributed by atoms with E-state index < -0.39 is 5.41 Å². The van der Waals surface area contributed by atoms with Crippen molar-refractivity contribution in [1.29, 1.82) is 0 Å². The predicted octanol–water partition coefficient (Wildman–Crippen LogP) is 1.75. The van der Waals surface area contributed by atoms with Gasteiger partial charge in [-0.15, -0.1) is 0 Å². The Kier molecular flexibility index (Phi) is 3.25. The van der Waals surface area contributed by atoms with Gasteiger partial charge >= 0.3 is 0 Å². The molecule has 0 saturated carbocycles. The van der Waals surface area contributed by atoms with E-state index in [2.05, 4.69) is 11.5 Å². The normalized spacial score (nSPS) is 33.8. The van der Waals surface area contributed by atoms with E-state index in [4.69, 9.17) is 5.26 Å². The molecule has 2 atom stereocenters. The summed E-state index contributed by atoms with van der Waals surface area (Å²) in [5.74, 6) is 0. The second kappa shape index (κ2) is 4.05. The molecule has 1 aliphatic carbocycles. The van der Waals surface area contributed by atoms with E-state index in [1.165, 1.54) is 0 Å². The van der Waals surface area contributed by atoms with Gasteiger partial charge in [0.1, 0.15) is 6.10 Å². The summed E-state index contributed by atoms with van der Waals surface area (Å²) in [5, 5.41) is 17.9. The molecular formula is C10H16O3. The average molecular weight is 184 g/mol. The summed E-state index contributed by atoms with van der Waals surface area (Å²) in [6, 6.07) is 0. The molecule has 0 fully saturated rings. The largest absolute Gasteiger partial charge is 0.395 e. The highest BCUT2D eigenvalue weighted by atomic mass is 17.1. The molecule has 0 aromatic carbocycles. The standard InChI is InChI=1S/C10H16O3/c1-3-10(7-11)6-4-5-9(13-12)8(10)2/h4,6,9,11-12H,2-3,5,7H2,1H3/t9-,10+/m1/s1. The number of hydrogen-bond acceptors (Lipinski definition) is 3. The van der Waals surface area contributed by atoms with Gasteiger partial charge in [0.15, 0.2) is 0 Å². The van der Waals surface area contributed by atoms with Crippen LogP contribution in [0, 0.1) is 5.41 Å². The summed E-state index contributed by atoms with van der Waals surface area (Å²) in [5.41, 5.74) is 0.341. The van der Waals surface area contributed by atoms with Crippen LogP contribution in [0.1, 0.15) is 19.8 Å². The monoisotopic (exact) mass is 184 g/mol. The first-order chi connectivity index (χ1) is 6.20. The molecule has 0 unspecified atom stereocenters. The Balaban J connectivity index is 2.91. The lowest BCUT2D eigenvalue weighted by Crippen LogP contribution is -2.34. The van der Waals surface area contributed by atoms with Gasteiger partial charge in [-0.1, -0.05) is 25.7 Å². The minimum absolute atomic E-state index is 0.0126. The minimum atomic E-state index is -0.411. The molecule has 3 heteroatoms. The Morgan fingerprint density at radius 3 is 2.92 bits per heavy atom. The molecule has 0 radical (unpaired) electrons. The van der Waals surface area contributed by atoms with Crippen LogP contribution in [0.15, 0.2) is 24.3 Å². The van der Waals surface area contributed by atoms with E-state index in [0.717, 1.165) is 12.0 Å². The fraction of sp³-hybridized carbons (Fsp3) is 0.600. The van der Waals surface area contributed by atoms with E-state index in [0.29, 0.717) is 6.42 Å². The van der Waals surface area contributed by atoms with E-state index >= 15 is 0 Å². The first kappa shape index (κ1) is 10.4. The highest BCUT2D eigenvalue weighted by molar-refractivity contribution is 5.27. The molecule has 0 amide bonds. The maximum Gasteiger partial charge on any atom is 0.118 e. The number of hydrogen-bond donors (Lipinski definition) is 2. The third-order valence-electron chi connectivity index (χ3n) is 2.86. The quantitative estimate of drug-likeness (QED) is 0.399. The molecule has 3 nitrogen and oxygen atoms in total. The zero-order chi connectivity index (χ0) is 9.90. The molecule has 0 bridgehead atoms. The van der Waals surface area contributed by atoms with Crippen LogP contribution in [0.4, 0.5) is 0 Å². The summed E-state index contributed by atoms with van der Waals surface area (Å²) >= 11 is 0.